The maximum atomic E-state index is 12.0. The molecule has 1 aliphatic heterocycles. The second kappa shape index (κ2) is 7.85. The van der Waals surface area contributed by atoms with E-state index in [2.05, 4.69) is 9.88 Å². The van der Waals surface area contributed by atoms with Crippen molar-refractivity contribution in [3.05, 3.63) is 32.7 Å². The average molecular weight is 348 g/mol. The van der Waals surface area contributed by atoms with Crippen LogP contribution in [0.25, 0.3) is 11.3 Å². The highest BCUT2D eigenvalue weighted by atomic mass is 32.1. The minimum atomic E-state index is -0.0281. The van der Waals surface area contributed by atoms with Crippen molar-refractivity contribution < 1.29 is 9.47 Å². The molecule has 3 rings (SSSR count). The summed E-state index contributed by atoms with van der Waals surface area (Å²) in [6.45, 7) is 3.00. The number of thiazole rings is 1. The van der Waals surface area contributed by atoms with Crippen LogP contribution in [0.4, 0.5) is 0 Å². The summed E-state index contributed by atoms with van der Waals surface area (Å²) in [7, 11) is 3.28. The first-order valence-corrected chi connectivity index (χ1v) is 9.19. The molecular weight excluding hydrogens is 324 g/mol. The number of benzene rings is 1. The van der Waals surface area contributed by atoms with E-state index in [1.54, 1.807) is 14.2 Å². The van der Waals surface area contributed by atoms with Gasteiger partial charge in [0.1, 0.15) is 11.5 Å². The number of hydrogen-bond donors (Lipinski definition) is 1. The van der Waals surface area contributed by atoms with Crippen molar-refractivity contribution in [1.29, 1.82) is 0 Å². The van der Waals surface area contributed by atoms with Crippen molar-refractivity contribution in [3.8, 4) is 22.8 Å². The van der Waals surface area contributed by atoms with E-state index < -0.39 is 0 Å². The third-order valence-electron chi connectivity index (χ3n) is 4.46. The Bertz CT molecular complexity index is 730. The topological polar surface area (TPSA) is 54.6 Å². The standard InChI is InChI=1S/C18H24N2O3S/c1-22-13-7-8-15(23-2)14(11-13)17-16(24-18(21)19-17)12-20-9-5-3-4-6-10-20/h7-8,11H,3-6,9-10,12H2,1-2H3,(H,19,21). The van der Waals surface area contributed by atoms with Gasteiger partial charge in [-0.25, -0.2) is 0 Å². The van der Waals surface area contributed by atoms with Crippen molar-refractivity contribution in [2.75, 3.05) is 27.3 Å². The van der Waals surface area contributed by atoms with E-state index in [-0.39, 0.29) is 4.87 Å². The summed E-state index contributed by atoms with van der Waals surface area (Å²) >= 11 is 1.29. The fraction of sp³-hybridized carbons (Fsp3) is 0.500. The van der Waals surface area contributed by atoms with Gasteiger partial charge in [-0.2, -0.15) is 0 Å². The summed E-state index contributed by atoms with van der Waals surface area (Å²) in [4.78, 5) is 18.5. The lowest BCUT2D eigenvalue weighted by Gasteiger charge is -2.19. The van der Waals surface area contributed by atoms with Crippen LogP contribution in [0.1, 0.15) is 30.6 Å². The third-order valence-corrected chi connectivity index (χ3v) is 5.33. The molecule has 2 aromatic rings. The van der Waals surface area contributed by atoms with Gasteiger partial charge in [-0.1, -0.05) is 24.2 Å². The van der Waals surface area contributed by atoms with Crippen LogP contribution in [-0.2, 0) is 6.54 Å². The Hall–Kier alpha value is -1.79. The van der Waals surface area contributed by atoms with Crippen molar-refractivity contribution >= 4 is 11.3 Å². The van der Waals surface area contributed by atoms with E-state index in [0.717, 1.165) is 47.3 Å². The maximum absolute atomic E-state index is 12.0. The van der Waals surface area contributed by atoms with E-state index in [1.165, 1.54) is 37.0 Å². The van der Waals surface area contributed by atoms with E-state index in [4.69, 9.17) is 9.47 Å². The highest BCUT2D eigenvalue weighted by molar-refractivity contribution is 7.09. The number of aromatic amines is 1. The van der Waals surface area contributed by atoms with E-state index in [1.807, 2.05) is 18.2 Å². The second-order valence-corrected chi connectivity index (χ2v) is 7.14. The van der Waals surface area contributed by atoms with Crippen molar-refractivity contribution in [3.63, 3.8) is 0 Å². The van der Waals surface area contributed by atoms with E-state index >= 15 is 0 Å². The zero-order valence-corrected chi connectivity index (χ0v) is 15.1. The fourth-order valence-electron chi connectivity index (χ4n) is 3.20. The smallest absolute Gasteiger partial charge is 0.305 e. The van der Waals surface area contributed by atoms with E-state index in [0.29, 0.717) is 0 Å². The first-order chi connectivity index (χ1) is 11.7. The molecule has 1 aromatic carbocycles. The number of methoxy groups -OCH3 is 2. The van der Waals surface area contributed by atoms with Gasteiger partial charge in [0.25, 0.3) is 0 Å². The Labute approximate surface area is 146 Å². The second-order valence-electron chi connectivity index (χ2n) is 6.07. The summed E-state index contributed by atoms with van der Waals surface area (Å²) in [6.07, 6.45) is 5.07. The summed E-state index contributed by atoms with van der Waals surface area (Å²) < 4.78 is 10.8. The molecule has 1 N–H and O–H groups in total. The molecule has 24 heavy (non-hydrogen) atoms. The molecular formula is C18H24N2O3S. The molecule has 1 aliphatic rings. The molecule has 0 radical (unpaired) electrons. The molecule has 1 fully saturated rings. The van der Waals surface area contributed by atoms with Crippen LogP contribution in [0.2, 0.25) is 0 Å². The van der Waals surface area contributed by atoms with Crippen molar-refractivity contribution in [2.24, 2.45) is 0 Å². The number of likely N-dealkylation sites (tertiary alicyclic amines) is 1. The van der Waals surface area contributed by atoms with Crippen molar-refractivity contribution in [2.45, 2.75) is 32.2 Å². The SMILES string of the molecule is COc1ccc(OC)c(-c2[nH]c(=O)sc2CN2CCCCCC2)c1. The first-order valence-electron chi connectivity index (χ1n) is 8.38. The van der Waals surface area contributed by atoms with Gasteiger partial charge >= 0.3 is 4.87 Å². The van der Waals surface area contributed by atoms with Gasteiger partial charge in [-0.15, -0.1) is 0 Å². The first kappa shape index (κ1) is 17.0. The lowest BCUT2D eigenvalue weighted by Crippen LogP contribution is -2.23. The largest absolute Gasteiger partial charge is 0.497 e. The predicted octanol–water partition coefficient (Wildman–Crippen LogP) is 3.50. The van der Waals surface area contributed by atoms with Gasteiger partial charge in [0.15, 0.2) is 0 Å². The molecule has 0 bridgehead atoms. The molecule has 130 valence electrons. The molecule has 1 aromatic heterocycles. The Morgan fingerprint density at radius 1 is 1.12 bits per heavy atom. The number of nitrogens with zero attached hydrogens (tertiary/aromatic N) is 1. The molecule has 0 aliphatic carbocycles. The van der Waals surface area contributed by atoms with Crippen LogP contribution in [-0.4, -0.2) is 37.2 Å². The average Bonchev–Trinajstić information content (AvgIpc) is 2.79. The number of H-pyrrole nitrogens is 1. The third kappa shape index (κ3) is 3.82. The normalized spacial score (nSPS) is 15.9. The quantitative estimate of drug-likeness (QED) is 0.898. The zero-order valence-electron chi connectivity index (χ0n) is 14.3. The van der Waals surface area contributed by atoms with Gasteiger partial charge in [0, 0.05) is 17.0 Å². The Morgan fingerprint density at radius 2 is 1.88 bits per heavy atom. The molecule has 5 nitrogen and oxygen atoms in total. The minimum absolute atomic E-state index is 0.0281. The molecule has 6 heteroatoms. The highest BCUT2D eigenvalue weighted by Gasteiger charge is 2.18. The molecule has 1 saturated heterocycles. The highest BCUT2D eigenvalue weighted by Crippen LogP contribution is 2.35. The number of aromatic nitrogens is 1. The van der Waals surface area contributed by atoms with Crippen LogP contribution >= 0.6 is 11.3 Å². The van der Waals surface area contributed by atoms with Crippen LogP contribution in [0.15, 0.2) is 23.0 Å². The fourth-order valence-corrected chi connectivity index (χ4v) is 4.08. The predicted molar refractivity (Wildman–Crippen MR) is 97.2 cm³/mol. The molecule has 0 saturated carbocycles. The van der Waals surface area contributed by atoms with E-state index in [9.17, 15) is 4.79 Å². The monoisotopic (exact) mass is 348 g/mol. The lowest BCUT2D eigenvalue weighted by atomic mass is 10.1. The van der Waals surface area contributed by atoms with Gasteiger partial charge < -0.3 is 14.5 Å². The summed E-state index contributed by atoms with van der Waals surface area (Å²) in [6, 6.07) is 5.66. The maximum Gasteiger partial charge on any atom is 0.305 e. The van der Waals surface area contributed by atoms with Gasteiger partial charge in [0.2, 0.25) is 0 Å². The van der Waals surface area contributed by atoms with Crippen LogP contribution in [0.5, 0.6) is 11.5 Å². The number of ether oxygens (including phenoxy) is 2. The number of hydrogen-bond acceptors (Lipinski definition) is 5. The summed E-state index contributed by atoms with van der Waals surface area (Å²) in [5.41, 5.74) is 1.73. The lowest BCUT2D eigenvalue weighted by molar-refractivity contribution is 0.279. The molecule has 0 spiro atoms. The molecule has 2 heterocycles. The minimum Gasteiger partial charge on any atom is -0.497 e. The number of rotatable bonds is 5. The molecule has 0 amide bonds. The van der Waals surface area contributed by atoms with Gasteiger partial charge in [-0.3, -0.25) is 9.69 Å². The van der Waals surface area contributed by atoms with Crippen LogP contribution in [0.3, 0.4) is 0 Å². The van der Waals surface area contributed by atoms with Gasteiger partial charge in [-0.05, 0) is 44.1 Å². The molecule has 0 unspecified atom stereocenters. The van der Waals surface area contributed by atoms with Crippen molar-refractivity contribution in [1.82, 2.24) is 9.88 Å². The van der Waals surface area contributed by atoms with Crippen LogP contribution < -0.4 is 14.3 Å². The Kier molecular flexibility index (Phi) is 5.58. The molecule has 0 atom stereocenters. The number of nitrogens with one attached hydrogen (secondary N) is 1. The summed E-state index contributed by atoms with van der Waals surface area (Å²) in [5.74, 6) is 1.49. The Morgan fingerprint density at radius 3 is 2.54 bits per heavy atom. The summed E-state index contributed by atoms with van der Waals surface area (Å²) in [5, 5.41) is 0. The zero-order chi connectivity index (χ0) is 16.9. The van der Waals surface area contributed by atoms with Gasteiger partial charge in [0.05, 0.1) is 19.9 Å². The van der Waals surface area contributed by atoms with Crippen LogP contribution in [0, 0.1) is 0 Å². The Balaban J connectivity index is 1.95.